The summed E-state index contributed by atoms with van der Waals surface area (Å²) in [6, 6.07) is 2.64. The first-order valence-corrected chi connectivity index (χ1v) is 8.11. The van der Waals surface area contributed by atoms with Crippen LogP contribution in [0.25, 0.3) is 0 Å². The summed E-state index contributed by atoms with van der Waals surface area (Å²) >= 11 is 0. The van der Waals surface area contributed by atoms with E-state index in [9.17, 15) is 17.2 Å². The molecule has 3 rings (SSSR count). The molecular weight excluding hydrogens is 286 g/mol. The number of piperidine rings is 1. The minimum absolute atomic E-state index is 0.121. The largest absolute Gasteiger partial charge is 0.312 e. The van der Waals surface area contributed by atoms with Crippen LogP contribution in [0, 0.1) is 17.6 Å². The number of rotatable bonds is 2. The summed E-state index contributed by atoms with van der Waals surface area (Å²) in [7, 11) is -3.97. The molecule has 0 radical (unpaired) electrons. The second-order valence-electron chi connectivity index (χ2n) is 5.36. The molecule has 0 unspecified atom stereocenters. The van der Waals surface area contributed by atoms with Gasteiger partial charge in [-0.1, -0.05) is 0 Å². The minimum Gasteiger partial charge on any atom is -0.312 e. The zero-order chi connectivity index (χ0) is 14.3. The van der Waals surface area contributed by atoms with Gasteiger partial charge in [-0.3, -0.25) is 0 Å². The van der Waals surface area contributed by atoms with Gasteiger partial charge in [0.05, 0.1) is 0 Å². The number of sulfonamides is 1. The fraction of sp³-hybridized carbons (Fsp3) is 0.538. The number of hydrogen-bond acceptors (Lipinski definition) is 3. The molecule has 110 valence electrons. The van der Waals surface area contributed by atoms with Gasteiger partial charge in [0, 0.05) is 19.1 Å². The lowest BCUT2D eigenvalue weighted by Gasteiger charge is -2.24. The number of hydrogen-bond donors (Lipinski definition) is 1. The van der Waals surface area contributed by atoms with Crippen LogP contribution >= 0.6 is 0 Å². The lowest BCUT2D eigenvalue weighted by atomic mass is 9.94. The van der Waals surface area contributed by atoms with E-state index in [2.05, 4.69) is 5.32 Å². The molecule has 2 heterocycles. The molecule has 0 aliphatic carbocycles. The van der Waals surface area contributed by atoms with Crippen molar-refractivity contribution in [1.29, 1.82) is 0 Å². The van der Waals surface area contributed by atoms with E-state index >= 15 is 0 Å². The molecule has 20 heavy (non-hydrogen) atoms. The van der Waals surface area contributed by atoms with Gasteiger partial charge < -0.3 is 5.32 Å². The molecule has 0 aromatic heterocycles. The van der Waals surface area contributed by atoms with E-state index in [1.807, 2.05) is 0 Å². The predicted octanol–water partition coefficient (Wildman–Crippen LogP) is 1.34. The molecule has 0 bridgehead atoms. The van der Waals surface area contributed by atoms with E-state index in [4.69, 9.17) is 0 Å². The highest BCUT2D eigenvalue weighted by atomic mass is 32.2. The molecule has 2 atom stereocenters. The highest BCUT2D eigenvalue weighted by molar-refractivity contribution is 7.89. The molecule has 7 heteroatoms. The molecule has 0 saturated carbocycles. The highest BCUT2D eigenvalue weighted by Crippen LogP contribution is 2.30. The summed E-state index contributed by atoms with van der Waals surface area (Å²) in [5, 5.41) is 3.29. The van der Waals surface area contributed by atoms with Crippen molar-refractivity contribution in [3.63, 3.8) is 0 Å². The Morgan fingerprint density at radius 2 is 2.05 bits per heavy atom. The monoisotopic (exact) mass is 302 g/mol. The average molecular weight is 302 g/mol. The quantitative estimate of drug-likeness (QED) is 0.897. The molecule has 4 nitrogen and oxygen atoms in total. The first kappa shape index (κ1) is 13.9. The molecular formula is C13H16F2N2O2S. The van der Waals surface area contributed by atoms with Gasteiger partial charge in [0.2, 0.25) is 10.0 Å². The van der Waals surface area contributed by atoms with Gasteiger partial charge in [-0.05, 0) is 43.5 Å². The van der Waals surface area contributed by atoms with Crippen LogP contribution in [0.2, 0.25) is 0 Å². The Hall–Kier alpha value is -1.05. The zero-order valence-electron chi connectivity index (χ0n) is 10.9. The van der Waals surface area contributed by atoms with E-state index in [-0.39, 0.29) is 12.0 Å². The summed E-state index contributed by atoms with van der Waals surface area (Å²) in [4.78, 5) is -0.573. The van der Waals surface area contributed by atoms with E-state index in [0.29, 0.717) is 13.1 Å². The van der Waals surface area contributed by atoms with Crippen LogP contribution in [0.15, 0.2) is 23.1 Å². The molecule has 1 aromatic rings. The first-order chi connectivity index (χ1) is 9.48. The van der Waals surface area contributed by atoms with Crippen LogP contribution in [0.1, 0.15) is 12.8 Å². The molecule has 2 aliphatic heterocycles. The molecule has 0 amide bonds. The Bertz CT molecular complexity index is 607. The Labute approximate surface area is 116 Å². The van der Waals surface area contributed by atoms with Gasteiger partial charge in [-0.15, -0.1) is 0 Å². The van der Waals surface area contributed by atoms with Crippen molar-refractivity contribution >= 4 is 10.0 Å². The number of nitrogens with one attached hydrogen (secondary N) is 1. The zero-order valence-corrected chi connectivity index (χ0v) is 11.7. The summed E-state index contributed by atoms with van der Waals surface area (Å²) in [6.07, 6.45) is 1.98. The standard InChI is InChI=1S/C13H16F2N2O2S/c14-10-3-4-11(15)13(6-10)20(18,19)17-7-9-2-1-5-16-12(9)8-17/h3-4,6,9,12,16H,1-2,5,7-8H2/t9-,12+/m0/s1. The summed E-state index contributed by atoms with van der Waals surface area (Å²) in [5.74, 6) is -1.40. The second-order valence-corrected chi connectivity index (χ2v) is 7.27. The van der Waals surface area contributed by atoms with Gasteiger partial charge in [0.1, 0.15) is 16.5 Å². The van der Waals surface area contributed by atoms with E-state index < -0.39 is 26.6 Å². The van der Waals surface area contributed by atoms with Crippen LogP contribution in [0.3, 0.4) is 0 Å². The van der Waals surface area contributed by atoms with Crippen LogP contribution in [-0.4, -0.2) is 38.4 Å². The predicted molar refractivity (Wildman–Crippen MR) is 69.6 cm³/mol. The fourth-order valence-electron chi connectivity index (χ4n) is 3.02. The first-order valence-electron chi connectivity index (χ1n) is 6.67. The van der Waals surface area contributed by atoms with Crippen molar-refractivity contribution in [2.75, 3.05) is 19.6 Å². The molecule has 1 aromatic carbocycles. The van der Waals surface area contributed by atoms with Gasteiger partial charge in [0.25, 0.3) is 0 Å². The van der Waals surface area contributed by atoms with Crippen LogP contribution in [-0.2, 0) is 10.0 Å². The van der Waals surface area contributed by atoms with Crippen molar-refractivity contribution in [2.45, 2.75) is 23.8 Å². The fourth-order valence-corrected chi connectivity index (χ4v) is 4.62. The maximum Gasteiger partial charge on any atom is 0.246 e. The van der Waals surface area contributed by atoms with Crippen molar-refractivity contribution in [3.05, 3.63) is 29.8 Å². The lowest BCUT2D eigenvalue weighted by molar-refractivity contribution is 0.339. The van der Waals surface area contributed by atoms with Gasteiger partial charge in [-0.25, -0.2) is 17.2 Å². The number of benzene rings is 1. The van der Waals surface area contributed by atoms with Crippen LogP contribution < -0.4 is 5.32 Å². The molecule has 2 aliphatic rings. The topological polar surface area (TPSA) is 49.4 Å². The van der Waals surface area contributed by atoms with E-state index in [1.165, 1.54) is 4.31 Å². The Kier molecular flexibility index (Phi) is 3.51. The van der Waals surface area contributed by atoms with Crippen molar-refractivity contribution in [2.24, 2.45) is 5.92 Å². The molecule has 2 fully saturated rings. The average Bonchev–Trinajstić information content (AvgIpc) is 2.86. The van der Waals surface area contributed by atoms with Gasteiger partial charge in [0.15, 0.2) is 0 Å². The second kappa shape index (κ2) is 5.05. The van der Waals surface area contributed by atoms with E-state index in [0.717, 1.165) is 37.6 Å². The minimum atomic E-state index is -3.97. The maximum absolute atomic E-state index is 13.7. The van der Waals surface area contributed by atoms with Crippen LogP contribution in [0.4, 0.5) is 8.78 Å². The van der Waals surface area contributed by atoms with Crippen LogP contribution in [0.5, 0.6) is 0 Å². The summed E-state index contributed by atoms with van der Waals surface area (Å²) in [5.41, 5.74) is 0. The van der Waals surface area contributed by atoms with Gasteiger partial charge >= 0.3 is 0 Å². The van der Waals surface area contributed by atoms with E-state index in [1.54, 1.807) is 0 Å². The Balaban J connectivity index is 1.91. The molecule has 1 N–H and O–H groups in total. The number of nitrogens with zero attached hydrogens (tertiary/aromatic N) is 1. The van der Waals surface area contributed by atoms with Crippen molar-refractivity contribution in [1.82, 2.24) is 9.62 Å². The molecule has 0 spiro atoms. The third kappa shape index (κ3) is 2.34. The van der Waals surface area contributed by atoms with Crippen molar-refractivity contribution in [3.8, 4) is 0 Å². The maximum atomic E-state index is 13.7. The Morgan fingerprint density at radius 1 is 1.25 bits per heavy atom. The SMILES string of the molecule is O=S(=O)(c1cc(F)ccc1F)N1C[C@@H]2CCCN[C@@H]2C1. The third-order valence-corrected chi connectivity index (χ3v) is 5.92. The summed E-state index contributed by atoms with van der Waals surface area (Å²) in [6.45, 7) is 1.57. The normalized spacial score (nSPS) is 27.5. The smallest absolute Gasteiger partial charge is 0.246 e. The Morgan fingerprint density at radius 3 is 2.80 bits per heavy atom. The highest BCUT2D eigenvalue weighted by Gasteiger charge is 2.41. The van der Waals surface area contributed by atoms with Crippen molar-refractivity contribution < 1.29 is 17.2 Å². The number of halogens is 2. The number of fused-ring (bicyclic) bond motifs is 1. The lowest BCUT2D eigenvalue weighted by Crippen LogP contribution is -2.41. The molecule has 2 saturated heterocycles. The third-order valence-electron chi connectivity index (χ3n) is 4.08. The summed E-state index contributed by atoms with van der Waals surface area (Å²) < 4.78 is 53.0. The van der Waals surface area contributed by atoms with Gasteiger partial charge in [-0.2, -0.15) is 4.31 Å².